The molecule has 1 aromatic heterocycles. The maximum Gasteiger partial charge on any atom is 0.417 e. The molecule has 0 unspecified atom stereocenters. The number of aromatic nitrogens is 2. The second kappa shape index (κ2) is 6.54. The average molecular weight is 322 g/mol. The van der Waals surface area contributed by atoms with Crippen LogP contribution in [0.4, 0.5) is 19.1 Å². The topological polar surface area (TPSA) is 41.1 Å². The number of halogens is 3. The number of nitrogens with zero attached hydrogens (tertiary/aromatic N) is 3. The fourth-order valence-electron chi connectivity index (χ4n) is 2.65. The van der Waals surface area contributed by atoms with Crippen LogP contribution in [0.5, 0.6) is 0 Å². The minimum atomic E-state index is -4.40. The summed E-state index contributed by atoms with van der Waals surface area (Å²) in [5, 5.41) is 3.29. The summed E-state index contributed by atoms with van der Waals surface area (Å²) in [5.74, 6) is 0.557. The van der Waals surface area contributed by atoms with E-state index in [-0.39, 0.29) is 5.56 Å². The van der Waals surface area contributed by atoms with Gasteiger partial charge in [0.25, 0.3) is 0 Å². The normalized spacial score (nSPS) is 16.2. The van der Waals surface area contributed by atoms with E-state index in [2.05, 4.69) is 15.3 Å². The van der Waals surface area contributed by atoms with Crippen LogP contribution in [0.1, 0.15) is 12.0 Å². The van der Waals surface area contributed by atoms with Crippen molar-refractivity contribution < 1.29 is 13.2 Å². The highest BCUT2D eigenvalue weighted by atomic mass is 19.4. The molecular formula is C16H17F3N4. The largest absolute Gasteiger partial charge is 0.417 e. The number of hydrogen-bond donors (Lipinski definition) is 1. The van der Waals surface area contributed by atoms with Crippen molar-refractivity contribution in [3.05, 3.63) is 42.2 Å². The van der Waals surface area contributed by atoms with Crippen LogP contribution in [-0.4, -0.2) is 36.1 Å². The van der Waals surface area contributed by atoms with E-state index in [0.29, 0.717) is 11.5 Å². The lowest BCUT2D eigenvalue weighted by Crippen LogP contribution is -2.29. The summed E-state index contributed by atoms with van der Waals surface area (Å²) in [6.45, 7) is 3.43. The second-order valence-electron chi connectivity index (χ2n) is 5.41. The van der Waals surface area contributed by atoms with Crippen LogP contribution < -0.4 is 10.2 Å². The maximum atomic E-state index is 13.1. The van der Waals surface area contributed by atoms with Crippen molar-refractivity contribution in [2.45, 2.75) is 12.6 Å². The highest BCUT2D eigenvalue weighted by Crippen LogP contribution is 2.36. The molecule has 0 radical (unpaired) electrons. The summed E-state index contributed by atoms with van der Waals surface area (Å²) in [6.07, 6.45) is -0.482. The lowest BCUT2D eigenvalue weighted by Gasteiger charge is -2.20. The molecule has 0 spiro atoms. The van der Waals surface area contributed by atoms with Crippen molar-refractivity contribution in [3.8, 4) is 11.1 Å². The Bertz CT molecular complexity index is 647. The summed E-state index contributed by atoms with van der Waals surface area (Å²) in [6, 6.07) is 5.48. The number of rotatable bonds is 2. The lowest BCUT2D eigenvalue weighted by atomic mass is 10.0. The molecule has 1 aliphatic heterocycles. The predicted octanol–water partition coefficient (Wildman–Crippen LogP) is 2.96. The van der Waals surface area contributed by atoms with Crippen LogP contribution in [0.2, 0.25) is 0 Å². The monoisotopic (exact) mass is 322 g/mol. The molecule has 3 rings (SSSR count). The molecule has 0 amide bonds. The first-order valence-electron chi connectivity index (χ1n) is 7.50. The number of nitrogens with one attached hydrogen (secondary N) is 1. The molecule has 1 fully saturated rings. The zero-order valence-corrected chi connectivity index (χ0v) is 12.5. The van der Waals surface area contributed by atoms with E-state index in [0.717, 1.165) is 38.7 Å². The van der Waals surface area contributed by atoms with E-state index in [1.807, 2.05) is 4.90 Å². The van der Waals surface area contributed by atoms with Gasteiger partial charge in [0.05, 0.1) is 5.56 Å². The van der Waals surface area contributed by atoms with E-state index in [1.54, 1.807) is 6.07 Å². The first kappa shape index (κ1) is 15.7. The van der Waals surface area contributed by atoms with Gasteiger partial charge in [-0.3, -0.25) is 0 Å². The summed E-state index contributed by atoms with van der Waals surface area (Å²) in [5.41, 5.74) is -0.200. The molecule has 7 heteroatoms. The Morgan fingerprint density at radius 2 is 1.74 bits per heavy atom. The van der Waals surface area contributed by atoms with Crippen LogP contribution in [0.15, 0.2) is 36.7 Å². The van der Waals surface area contributed by atoms with Gasteiger partial charge >= 0.3 is 6.18 Å². The van der Waals surface area contributed by atoms with Crippen molar-refractivity contribution >= 4 is 5.95 Å². The predicted molar refractivity (Wildman–Crippen MR) is 82.2 cm³/mol. The van der Waals surface area contributed by atoms with Gasteiger partial charge in [0.15, 0.2) is 0 Å². The van der Waals surface area contributed by atoms with E-state index in [1.165, 1.54) is 24.5 Å². The zero-order chi connectivity index (χ0) is 16.3. The summed E-state index contributed by atoms with van der Waals surface area (Å²) in [4.78, 5) is 10.6. The quantitative estimate of drug-likeness (QED) is 0.923. The molecule has 1 saturated heterocycles. The Morgan fingerprint density at radius 1 is 1.00 bits per heavy atom. The minimum absolute atomic E-state index is 0.101. The number of anilines is 1. The van der Waals surface area contributed by atoms with Gasteiger partial charge in [0.2, 0.25) is 5.95 Å². The smallest absolute Gasteiger partial charge is 0.340 e. The molecular weight excluding hydrogens is 305 g/mol. The maximum absolute atomic E-state index is 13.1. The van der Waals surface area contributed by atoms with Crippen LogP contribution in [0.3, 0.4) is 0 Å². The summed E-state index contributed by atoms with van der Waals surface area (Å²) < 4.78 is 39.3. The Kier molecular flexibility index (Phi) is 4.47. The van der Waals surface area contributed by atoms with Crippen molar-refractivity contribution in [2.75, 3.05) is 31.1 Å². The minimum Gasteiger partial charge on any atom is -0.340 e. The fraction of sp³-hybridized carbons (Fsp3) is 0.375. The number of hydrogen-bond acceptors (Lipinski definition) is 4. The zero-order valence-electron chi connectivity index (χ0n) is 12.5. The summed E-state index contributed by atoms with van der Waals surface area (Å²) in [7, 11) is 0. The molecule has 1 N–H and O–H groups in total. The number of benzene rings is 1. The summed E-state index contributed by atoms with van der Waals surface area (Å²) >= 11 is 0. The highest BCUT2D eigenvalue weighted by molar-refractivity contribution is 5.67. The van der Waals surface area contributed by atoms with Crippen molar-refractivity contribution in [3.63, 3.8) is 0 Å². The SMILES string of the molecule is FC(F)(F)c1ccccc1-c1cnc(N2CCCNCC2)nc1. The van der Waals surface area contributed by atoms with Crippen molar-refractivity contribution in [1.29, 1.82) is 0 Å². The molecule has 1 aromatic carbocycles. The molecule has 122 valence electrons. The van der Waals surface area contributed by atoms with Gasteiger partial charge in [0, 0.05) is 37.6 Å². The molecule has 4 nitrogen and oxygen atoms in total. The molecule has 23 heavy (non-hydrogen) atoms. The fourth-order valence-corrected chi connectivity index (χ4v) is 2.65. The Balaban J connectivity index is 1.88. The highest BCUT2D eigenvalue weighted by Gasteiger charge is 2.33. The molecule has 1 aliphatic rings. The van der Waals surface area contributed by atoms with E-state index in [4.69, 9.17) is 0 Å². The standard InChI is InChI=1S/C16H17F3N4/c17-16(18,19)14-5-2-1-4-13(14)12-10-21-15(22-11-12)23-8-3-6-20-7-9-23/h1-2,4-5,10-11,20H,3,6-9H2. The number of alkyl halides is 3. The molecule has 2 heterocycles. The van der Waals surface area contributed by atoms with Gasteiger partial charge < -0.3 is 10.2 Å². The third-order valence-corrected chi connectivity index (χ3v) is 3.80. The van der Waals surface area contributed by atoms with Gasteiger partial charge in [0.1, 0.15) is 0 Å². The third kappa shape index (κ3) is 3.61. The first-order valence-corrected chi connectivity index (χ1v) is 7.50. The molecule has 0 atom stereocenters. The third-order valence-electron chi connectivity index (χ3n) is 3.80. The van der Waals surface area contributed by atoms with Crippen LogP contribution in [0.25, 0.3) is 11.1 Å². The van der Waals surface area contributed by atoms with E-state index < -0.39 is 11.7 Å². The second-order valence-corrected chi connectivity index (χ2v) is 5.41. The average Bonchev–Trinajstić information content (AvgIpc) is 2.83. The van der Waals surface area contributed by atoms with Gasteiger partial charge in [-0.15, -0.1) is 0 Å². The molecule has 0 bridgehead atoms. The van der Waals surface area contributed by atoms with Gasteiger partial charge in [-0.25, -0.2) is 9.97 Å². The molecule has 2 aromatic rings. The lowest BCUT2D eigenvalue weighted by molar-refractivity contribution is -0.137. The van der Waals surface area contributed by atoms with Crippen molar-refractivity contribution in [1.82, 2.24) is 15.3 Å². The van der Waals surface area contributed by atoms with Crippen LogP contribution in [-0.2, 0) is 6.18 Å². The van der Waals surface area contributed by atoms with Gasteiger partial charge in [-0.1, -0.05) is 18.2 Å². The van der Waals surface area contributed by atoms with E-state index in [9.17, 15) is 13.2 Å². The van der Waals surface area contributed by atoms with Crippen molar-refractivity contribution in [2.24, 2.45) is 0 Å². The Hall–Kier alpha value is -2.15. The first-order chi connectivity index (χ1) is 11.1. The Morgan fingerprint density at radius 3 is 2.48 bits per heavy atom. The van der Waals surface area contributed by atoms with Gasteiger partial charge in [-0.05, 0) is 24.6 Å². The van der Waals surface area contributed by atoms with Crippen LogP contribution in [0, 0.1) is 0 Å². The molecule has 0 aliphatic carbocycles. The molecule has 0 saturated carbocycles. The van der Waals surface area contributed by atoms with Gasteiger partial charge in [-0.2, -0.15) is 13.2 Å². The van der Waals surface area contributed by atoms with Crippen LogP contribution >= 0.6 is 0 Å². The van der Waals surface area contributed by atoms with E-state index >= 15 is 0 Å². The Labute approximate surface area is 132 Å².